The van der Waals surface area contributed by atoms with Crippen LogP contribution in [-0.2, 0) is 0 Å². The predicted octanol–water partition coefficient (Wildman–Crippen LogP) is 5.73. The first-order valence-electron chi connectivity index (χ1n) is 9.47. The fourth-order valence-corrected chi connectivity index (χ4v) is 4.58. The highest BCUT2D eigenvalue weighted by molar-refractivity contribution is 7.99. The highest BCUT2D eigenvalue weighted by Crippen LogP contribution is 2.41. The topological polar surface area (TPSA) is 67.3 Å². The normalized spacial score (nSPS) is 12.5. The summed E-state index contributed by atoms with van der Waals surface area (Å²) in [5.41, 5.74) is 7.11. The third-order valence-electron chi connectivity index (χ3n) is 5.04. The van der Waals surface area contributed by atoms with E-state index in [1.807, 2.05) is 6.07 Å². The lowest BCUT2D eigenvalue weighted by atomic mass is 10.00. The molecular weight excluding hydrogens is 378 g/mol. The number of para-hydroxylation sites is 1. The lowest BCUT2D eigenvalue weighted by Gasteiger charge is -2.17. The van der Waals surface area contributed by atoms with Crippen LogP contribution < -0.4 is 0 Å². The van der Waals surface area contributed by atoms with E-state index in [-0.39, 0.29) is 5.25 Å². The highest BCUT2D eigenvalue weighted by Gasteiger charge is 2.19. The molecule has 0 aliphatic heterocycles. The van der Waals surface area contributed by atoms with Crippen LogP contribution in [0.2, 0.25) is 0 Å². The van der Waals surface area contributed by atoms with Crippen molar-refractivity contribution in [3.8, 4) is 11.3 Å². The molecular formula is C23H19N5S. The van der Waals surface area contributed by atoms with Gasteiger partial charge in [-0.05, 0) is 31.0 Å². The van der Waals surface area contributed by atoms with E-state index in [1.54, 1.807) is 24.4 Å². The first-order valence-corrected chi connectivity index (χ1v) is 10.3. The van der Waals surface area contributed by atoms with Crippen molar-refractivity contribution in [1.29, 1.82) is 0 Å². The quantitative estimate of drug-likeness (QED) is 0.310. The van der Waals surface area contributed by atoms with Crippen LogP contribution in [0.1, 0.15) is 23.3 Å². The molecule has 0 aliphatic carbocycles. The maximum atomic E-state index is 5.09. The molecule has 5 rings (SSSR count). The number of hydrogen-bond donors (Lipinski definition) is 1. The number of nitrogens with zero attached hydrogens (tertiary/aromatic N) is 4. The lowest BCUT2D eigenvalue weighted by molar-refractivity contribution is 1.04. The number of aromatic amines is 1. The van der Waals surface area contributed by atoms with Crippen molar-refractivity contribution in [3.05, 3.63) is 78.4 Å². The smallest absolute Gasteiger partial charge is 0.181 e. The Hall–Kier alpha value is -3.25. The zero-order valence-electron chi connectivity index (χ0n) is 16.1. The molecule has 0 radical (unpaired) electrons. The average molecular weight is 398 g/mol. The number of aromatic nitrogens is 5. The van der Waals surface area contributed by atoms with Gasteiger partial charge in [0.2, 0.25) is 0 Å². The molecule has 1 atom stereocenters. The fourth-order valence-electron chi connectivity index (χ4n) is 3.56. The van der Waals surface area contributed by atoms with E-state index in [9.17, 15) is 0 Å². The predicted molar refractivity (Wildman–Crippen MR) is 118 cm³/mol. The average Bonchev–Trinajstić information content (AvgIpc) is 3.24. The minimum atomic E-state index is 0.143. The van der Waals surface area contributed by atoms with E-state index in [4.69, 9.17) is 4.98 Å². The Bertz CT molecular complexity index is 1310. The number of thioether (sulfide) groups is 1. The molecule has 3 heterocycles. The van der Waals surface area contributed by atoms with E-state index in [0.717, 1.165) is 32.7 Å². The minimum absolute atomic E-state index is 0.143. The molecule has 3 aromatic heterocycles. The fraction of sp³-hybridized carbons (Fsp3) is 0.130. The Morgan fingerprint density at radius 1 is 0.966 bits per heavy atom. The molecule has 0 spiro atoms. The van der Waals surface area contributed by atoms with Gasteiger partial charge >= 0.3 is 0 Å². The summed E-state index contributed by atoms with van der Waals surface area (Å²) in [6, 6.07) is 19.0. The van der Waals surface area contributed by atoms with Crippen LogP contribution in [0.15, 0.2) is 72.3 Å². The van der Waals surface area contributed by atoms with Gasteiger partial charge in [-0.3, -0.25) is 0 Å². The molecule has 5 nitrogen and oxygen atoms in total. The van der Waals surface area contributed by atoms with Gasteiger partial charge in [0.15, 0.2) is 5.65 Å². The Kier molecular flexibility index (Phi) is 4.48. The molecule has 0 aliphatic rings. The lowest BCUT2D eigenvalue weighted by Crippen LogP contribution is -1.99. The first kappa shape index (κ1) is 17.8. The molecule has 0 saturated carbocycles. The van der Waals surface area contributed by atoms with E-state index in [2.05, 4.69) is 82.3 Å². The number of aryl methyl sites for hydroxylation is 1. The van der Waals surface area contributed by atoms with Gasteiger partial charge in [-0.25, -0.2) is 19.9 Å². The molecule has 0 amide bonds. The summed E-state index contributed by atoms with van der Waals surface area (Å²) < 4.78 is 0. The van der Waals surface area contributed by atoms with Crippen LogP contribution in [0.4, 0.5) is 0 Å². The van der Waals surface area contributed by atoms with Crippen LogP contribution >= 0.6 is 11.8 Å². The zero-order chi connectivity index (χ0) is 19.8. The maximum absolute atomic E-state index is 5.09. The molecule has 0 bridgehead atoms. The molecule has 0 fully saturated rings. The van der Waals surface area contributed by atoms with E-state index in [1.165, 1.54) is 11.1 Å². The van der Waals surface area contributed by atoms with E-state index in [0.29, 0.717) is 5.65 Å². The number of hydrogen-bond acceptors (Lipinski definition) is 5. The maximum Gasteiger partial charge on any atom is 0.181 e. The van der Waals surface area contributed by atoms with Gasteiger partial charge in [0.05, 0.1) is 17.5 Å². The van der Waals surface area contributed by atoms with Crippen LogP contribution in [0.25, 0.3) is 33.3 Å². The summed E-state index contributed by atoms with van der Waals surface area (Å²) in [6.07, 6.45) is 3.22. The molecule has 142 valence electrons. The SMILES string of the molecule is Cc1cccc2cc(C(C)Sc3ncnc4nc[nH]c34)c(-c3ccccc3)nc12. The highest BCUT2D eigenvalue weighted by atomic mass is 32.2. The monoisotopic (exact) mass is 397 g/mol. The number of nitrogens with one attached hydrogen (secondary N) is 1. The van der Waals surface area contributed by atoms with Crippen LogP contribution in [0.3, 0.4) is 0 Å². The van der Waals surface area contributed by atoms with Crippen molar-refractivity contribution < 1.29 is 0 Å². The molecule has 6 heteroatoms. The summed E-state index contributed by atoms with van der Waals surface area (Å²) in [7, 11) is 0. The number of fused-ring (bicyclic) bond motifs is 2. The van der Waals surface area contributed by atoms with Gasteiger partial charge < -0.3 is 4.98 Å². The van der Waals surface area contributed by atoms with Crippen LogP contribution in [0.5, 0.6) is 0 Å². The summed E-state index contributed by atoms with van der Waals surface area (Å²) in [6.45, 7) is 4.30. The number of pyridine rings is 1. The van der Waals surface area contributed by atoms with Crippen molar-refractivity contribution in [2.24, 2.45) is 0 Å². The largest absolute Gasteiger partial charge is 0.341 e. The third kappa shape index (κ3) is 3.25. The van der Waals surface area contributed by atoms with Crippen molar-refractivity contribution in [3.63, 3.8) is 0 Å². The Balaban J connectivity index is 1.65. The van der Waals surface area contributed by atoms with Crippen molar-refractivity contribution in [2.75, 3.05) is 0 Å². The number of H-pyrrole nitrogens is 1. The Labute approximate surface area is 172 Å². The summed E-state index contributed by atoms with van der Waals surface area (Å²) in [5, 5.41) is 2.19. The molecule has 2 aromatic carbocycles. The van der Waals surface area contributed by atoms with Gasteiger partial charge in [-0.1, -0.05) is 60.3 Å². The Morgan fingerprint density at radius 2 is 1.83 bits per heavy atom. The number of imidazole rings is 1. The molecule has 0 saturated heterocycles. The van der Waals surface area contributed by atoms with E-state index >= 15 is 0 Å². The van der Waals surface area contributed by atoms with Crippen molar-refractivity contribution in [1.82, 2.24) is 24.9 Å². The summed E-state index contributed by atoms with van der Waals surface area (Å²) in [5.74, 6) is 0. The second kappa shape index (κ2) is 7.29. The molecule has 5 aromatic rings. The van der Waals surface area contributed by atoms with Gasteiger partial charge in [0.25, 0.3) is 0 Å². The molecule has 1 N–H and O–H groups in total. The van der Waals surface area contributed by atoms with Crippen molar-refractivity contribution >= 4 is 33.8 Å². The van der Waals surface area contributed by atoms with Crippen molar-refractivity contribution in [2.45, 2.75) is 24.1 Å². The van der Waals surface area contributed by atoms with E-state index < -0.39 is 0 Å². The summed E-state index contributed by atoms with van der Waals surface area (Å²) >= 11 is 1.69. The summed E-state index contributed by atoms with van der Waals surface area (Å²) in [4.78, 5) is 21.2. The Morgan fingerprint density at radius 3 is 2.69 bits per heavy atom. The molecule has 1 unspecified atom stereocenters. The third-order valence-corrected chi connectivity index (χ3v) is 6.18. The van der Waals surface area contributed by atoms with Gasteiger partial charge in [-0.2, -0.15) is 0 Å². The number of rotatable bonds is 4. The van der Waals surface area contributed by atoms with Gasteiger partial charge in [0.1, 0.15) is 16.9 Å². The number of benzene rings is 2. The van der Waals surface area contributed by atoms with Crippen LogP contribution in [-0.4, -0.2) is 24.9 Å². The minimum Gasteiger partial charge on any atom is -0.341 e. The second-order valence-electron chi connectivity index (χ2n) is 6.98. The zero-order valence-corrected chi connectivity index (χ0v) is 16.9. The standard InChI is InChI=1S/C23H19N5S/c1-14-7-6-10-17-11-18(20(28-19(14)17)16-8-4-3-5-9-16)15(2)29-23-21-22(25-12-24-21)26-13-27-23/h3-13,15H,1-2H3,(H,24,25,26,27). The molecule has 29 heavy (non-hydrogen) atoms. The van der Waals surface area contributed by atoms with Crippen LogP contribution in [0, 0.1) is 6.92 Å². The first-order chi connectivity index (χ1) is 14.2. The second-order valence-corrected chi connectivity index (χ2v) is 8.31. The van der Waals surface area contributed by atoms with Gasteiger partial charge in [0, 0.05) is 16.2 Å². The van der Waals surface area contributed by atoms with Gasteiger partial charge in [-0.15, -0.1) is 0 Å².